The number of nitrogens with one attached hydrogen (secondary N) is 1. The molecule has 0 spiro atoms. The molecule has 6 heteroatoms. The molecule has 3 heterocycles. The molecule has 21 heavy (non-hydrogen) atoms. The normalized spacial score (nSPS) is 24.6. The van der Waals surface area contributed by atoms with E-state index in [4.69, 9.17) is 9.72 Å². The highest BCUT2D eigenvalue weighted by atomic mass is 32.1. The van der Waals surface area contributed by atoms with Crippen LogP contribution >= 0.6 is 11.3 Å². The predicted octanol–water partition coefficient (Wildman–Crippen LogP) is 1.99. The molecule has 2 aliphatic rings. The first-order valence-electron chi connectivity index (χ1n) is 7.61. The Morgan fingerprint density at radius 2 is 2.43 bits per heavy atom. The molecule has 1 N–H and O–H groups in total. The van der Waals surface area contributed by atoms with Crippen LogP contribution in [0.3, 0.4) is 0 Å². The van der Waals surface area contributed by atoms with Crippen molar-refractivity contribution in [3.05, 3.63) is 33.8 Å². The Morgan fingerprint density at radius 3 is 3.24 bits per heavy atom. The molecule has 0 bridgehead atoms. The first-order chi connectivity index (χ1) is 10.3. The average Bonchev–Trinajstić information content (AvgIpc) is 3.19. The van der Waals surface area contributed by atoms with Crippen molar-refractivity contribution in [1.82, 2.24) is 19.9 Å². The maximum atomic E-state index is 5.88. The van der Waals surface area contributed by atoms with Gasteiger partial charge in [-0.2, -0.15) is 0 Å². The minimum atomic E-state index is 0.0526. The van der Waals surface area contributed by atoms with Gasteiger partial charge in [-0.1, -0.05) is 0 Å². The molecule has 1 aliphatic carbocycles. The van der Waals surface area contributed by atoms with Crippen LogP contribution in [0.2, 0.25) is 0 Å². The summed E-state index contributed by atoms with van der Waals surface area (Å²) in [6.45, 7) is 1.64. The van der Waals surface area contributed by atoms with Crippen molar-refractivity contribution in [3.63, 3.8) is 0 Å². The van der Waals surface area contributed by atoms with Gasteiger partial charge in [0.25, 0.3) is 0 Å². The summed E-state index contributed by atoms with van der Waals surface area (Å²) in [5.41, 5.74) is 1.33. The zero-order chi connectivity index (χ0) is 14.2. The van der Waals surface area contributed by atoms with E-state index in [1.54, 1.807) is 0 Å². The van der Waals surface area contributed by atoms with Crippen molar-refractivity contribution in [2.45, 2.75) is 44.4 Å². The summed E-state index contributed by atoms with van der Waals surface area (Å²) in [6, 6.07) is 0.324. The summed E-state index contributed by atoms with van der Waals surface area (Å²) in [5.74, 6) is 1.01. The molecule has 1 aliphatic heterocycles. The van der Waals surface area contributed by atoms with E-state index in [-0.39, 0.29) is 6.10 Å². The van der Waals surface area contributed by atoms with Crippen LogP contribution in [0.15, 0.2) is 12.4 Å². The highest BCUT2D eigenvalue weighted by Crippen LogP contribution is 2.30. The zero-order valence-corrected chi connectivity index (χ0v) is 13.0. The first-order valence-corrected chi connectivity index (χ1v) is 8.42. The number of hydrogen-bond acceptors (Lipinski definition) is 5. The summed E-state index contributed by atoms with van der Waals surface area (Å²) in [7, 11) is 2.02. The molecule has 0 amide bonds. The number of thiazole rings is 1. The number of ether oxygens (including phenoxy) is 1. The lowest BCUT2D eigenvalue weighted by Gasteiger charge is -2.19. The van der Waals surface area contributed by atoms with Crippen molar-refractivity contribution in [2.24, 2.45) is 7.05 Å². The Hall–Kier alpha value is -1.24. The van der Waals surface area contributed by atoms with Gasteiger partial charge in [0.2, 0.25) is 0 Å². The van der Waals surface area contributed by atoms with Crippen LogP contribution in [-0.2, 0) is 31.2 Å². The SMILES string of the molecule is Cn1ccnc1[C@H]1OCC[C@@H]1NCc1nc2c(s1)CCC2. The molecule has 2 aromatic rings. The third-order valence-electron chi connectivity index (χ3n) is 4.36. The summed E-state index contributed by atoms with van der Waals surface area (Å²) in [4.78, 5) is 10.7. The second kappa shape index (κ2) is 5.51. The highest BCUT2D eigenvalue weighted by molar-refractivity contribution is 7.11. The summed E-state index contributed by atoms with van der Waals surface area (Å²) >= 11 is 1.87. The Labute approximate surface area is 128 Å². The molecular formula is C15H20N4OS. The van der Waals surface area contributed by atoms with Crippen molar-refractivity contribution >= 4 is 11.3 Å². The van der Waals surface area contributed by atoms with Crippen LogP contribution in [0.5, 0.6) is 0 Å². The van der Waals surface area contributed by atoms with Crippen LogP contribution in [0.25, 0.3) is 0 Å². The molecule has 112 valence electrons. The van der Waals surface area contributed by atoms with Crippen LogP contribution in [0.1, 0.15) is 40.3 Å². The predicted molar refractivity (Wildman–Crippen MR) is 81.3 cm³/mol. The van der Waals surface area contributed by atoms with Gasteiger partial charge in [0.15, 0.2) is 0 Å². The van der Waals surface area contributed by atoms with Crippen molar-refractivity contribution in [3.8, 4) is 0 Å². The molecular weight excluding hydrogens is 284 g/mol. The fourth-order valence-electron chi connectivity index (χ4n) is 3.24. The number of imidazole rings is 1. The molecule has 2 aromatic heterocycles. The minimum absolute atomic E-state index is 0.0526. The number of aromatic nitrogens is 3. The fourth-order valence-corrected chi connectivity index (χ4v) is 4.35. The zero-order valence-electron chi connectivity index (χ0n) is 12.2. The van der Waals surface area contributed by atoms with E-state index in [1.807, 2.05) is 35.3 Å². The number of aryl methyl sites for hydroxylation is 3. The van der Waals surface area contributed by atoms with Gasteiger partial charge in [0, 0.05) is 43.5 Å². The quantitative estimate of drug-likeness (QED) is 0.938. The lowest BCUT2D eigenvalue weighted by atomic mass is 10.1. The van der Waals surface area contributed by atoms with E-state index < -0.39 is 0 Å². The van der Waals surface area contributed by atoms with Crippen molar-refractivity contribution in [2.75, 3.05) is 6.61 Å². The lowest BCUT2D eigenvalue weighted by Crippen LogP contribution is -2.32. The van der Waals surface area contributed by atoms with Gasteiger partial charge in [-0.15, -0.1) is 11.3 Å². The number of hydrogen-bond donors (Lipinski definition) is 1. The number of rotatable bonds is 4. The van der Waals surface area contributed by atoms with Gasteiger partial charge >= 0.3 is 0 Å². The fraction of sp³-hybridized carbons (Fsp3) is 0.600. The molecule has 0 aromatic carbocycles. The molecule has 2 atom stereocenters. The summed E-state index contributed by atoms with van der Waals surface area (Å²) in [5, 5.41) is 4.83. The second-order valence-corrected chi connectivity index (χ2v) is 6.96. The molecule has 0 radical (unpaired) electrons. The van der Waals surface area contributed by atoms with Gasteiger partial charge < -0.3 is 14.6 Å². The highest BCUT2D eigenvalue weighted by Gasteiger charge is 2.32. The number of fused-ring (bicyclic) bond motifs is 1. The third-order valence-corrected chi connectivity index (χ3v) is 5.52. The van der Waals surface area contributed by atoms with Crippen LogP contribution < -0.4 is 5.32 Å². The maximum absolute atomic E-state index is 5.88. The Balaban J connectivity index is 1.42. The van der Waals surface area contributed by atoms with Crippen LogP contribution in [0.4, 0.5) is 0 Å². The first kappa shape index (κ1) is 13.4. The van der Waals surface area contributed by atoms with Crippen molar-refractivity contribution < 1.29 is 4.74 Å². The monoisotopic (exact) mass is 304 g/mol. The van der Waals surface area contributed by atoms with Gasteiger partial charge in [-0.25, -0.2) is 9.97 Å². The third kappa shape index (κ3) is 2.52. The molecule has 4 rings (SSSR count). The smallest absolute Gasteiger partial charge is 0.139 e. The average molecular weight is 304 g/mol. The van der Waals surface area contributed by atoms with E-state index in [0.717, 1.165) is 31.8 Å². The standard InChI is InChI=1S/C15H20N4OS/c1-19-7-6-16-15(19)14-11(5-8-20-14)17-9-13-18-10-3-2-4-12(10)21-13/h6-7,11,14,17H,2-5,8-9H2,1H3/t11-,14-/m0/s1. The number of nitrogens with zero attached hydrogens (tertiary/aromatic N) is 3. The van der Waals surface area contributed by atoms with E-state index in [1.165, 1.54) is 28.4 Å². The van der Waals surface area contributed by atoms with E-state index in [9.17, 15) is 0 Å². The van der Waals surface area contributed by atoms with E-state index >= 15 is 0 Å². The van der Waals surface area contributed by atoms with Gasteiger partial charge in [-0.3, -0.25) is 0 Å². The molecule has 1 saturated heterocycles. The summed E-state index contributed by atoms with van der Waals surface area (Å²) in [6.07, 6.45) is 8.54. The summed E-state index contributed by atoms with van der Waals surface area (Å²) < 4.78 is 7.92. The topological polar surface area (TPSA) is 52.0 Å². The lowest BCUT2D eigenvalue weighted by molar-refractivity contribution is 0.0893. The Bertz CT molecular complexity index is 614. The van der Waals surface area contributed by atoms with E-state index in [0.29, 0.717) is 6.04 Å². The van der Waals surface area contributed by atoms with E-state index in [2.05, 4.69) is 10.3 Å². The Morgan fingerprint density at radius 1 is 1.48 bits per heavy atom. The molecule has 0 unspecified atom stereocenters. The molecule has 0 saturated carbocycles. The largest absolute Gasteiger partial charge is 0.369 e. The second-order valence-electron chi connectivity index (χ2n) is 5.79. The Kier molecular flexibility index (Phi) is 3.52. The van der Waals surface area contributed by atoms with Gasteiger partial charge in [-0.05, 0) is 25.7 Å². The van der Waals surface area contributed by atoms with Gasteiger partial charge in [0.1, 0.15) is 16.9 Å². The van der Waals surface area contributed by atoms with Crippen LogP contribution in [-0.4, -0.2) is 27.2 Å². The molecule has 1 fully saturated rings. The van der Waals surface area contributed by atoms with Crippen molar-refractivity contribution in [1.29, 1.82) is 0 Å². The van der Waals surface area contributed by atoms with Crippen LogP contribution in [0, 0.1) is 0 Å². The minimum Gasteiger partial charge on any atom is -0.369 e. The maximum Gasteiger partial charge on any atom is 0.139 e. The molecule has 5 nitrogen and oxygen atoms in total. The van der Waals surface area contributed by atoms with Gasteiger partial charge in [0.05, 0.1) is 5.69 Å².